The standard InChI is InChI=1S/C16H22N4O4S/c1-10(11-5-7-17-8-6-11)18-13-9-12(15-19-20-16(21)24-15)3-4-14(13)25(2,22)23/h3-4,9-11,17-18H,5-8H2,1-2H3,(H,20,21). The Hall–Kier alpha value is -2.13. The molecule has 0 radical (unpaired) electrons. The van der Waals surface area contributed by atoms with Crippen LogP contribution in [0.4, 0.5) is 5.69 Å². The van der Waals surface area contributed by atoms with Crippen molar-refractivity contribution in [2.45, 2.75) is 30.7 Å². The monoisotopic (exact) mass is 366 g/mol. The van der Waals surface area contributed by atoms with Gasteiger partial charge in [0.1, 0.15) is 0 Å². The zero-order valence-corrected chi connectivity index (χ0v) is 15.0. The fourth-order valence-corrected chi connectivity index (χ4v) is 3.99. The lowest BCUT2D eigenvalue weighted by Gasteiger charge is -2.30. The average molecular weight is 366 g/mol. The summed E-state index contributed by atoms with van der Waals surface area (Å²) in [5.74, 6) is -0.0666. The molecule has 1 atom stereocenters. The fourth-order valence-electron chi connectivity index (χ4n) is 3.16. The highest BCUT2D eigenvalue weighted by Crippen LogP contribution is 2.29. The van der Waals surface area contributed by atoms with Crippen LogP contribution in [0.5, 0.6) is 0 Å². The number of hydrogen-bond acceptors (Lipinski definition) is 7. The molecule has 0 aliphatic carbocycles. The van der Waals surface area contributed by atoms with Gasteiger partial charge in [-0.05, 0) is 57.0 Å². The molecule has 3 N–H and O–H groups in total. The van der Waals surface area contributed by atoms with Gasteiger partial charge in [0.05, 0.1) is 10.6 Å². The lowest BCUT2D eigenvalue weighted by molar-refractivity contribution is 0.343. The number of sulfone groups is 1. The molecule has 1 unspecified atom stereocenters. The SMILES string of the molecule is CC(Nc1cc(-c2n[nH]c(=O)o2)ccc1S(C)(=O)=O)C1CCNCC1. The van der Waals surface area contributed by atoms with Gasteiger partial charge in [0, 0.05) is 17.9 Å². The zero-order valence-electron chi connectivity index (χ0n) is 14.2. The number of aromatic amines is 1. The summed E-state index contributed by atoms with van der Waals surface area (Å²) in [6.07, 6.45) is 3.25. The molecule has 1 fully saturated rings. The second-order valence-corrected chi connectivity index (χ2v) is 8.41. The van der Waals surface area contributed by atoms with Crippen LogP contribution < -0.4 is 16.4 Å². The number of rotatable bonds is 5. The van der Waals surface area contributed by atoms with E-state index in [0.29, 0.717) is 17.2 Å². The largest absolute Gasteiger partial charge is 0.434 e. The molecule has 2 aromatic rings. The Balaban J connectivity index is 1.94. The molecule has 1 saturated heterocycles. The normalized spacial score (nSPS) is 17.4. The van der Waals surface area contributed by atoms with Crippen molar-refractivity contribution in [1.82, 2.24) is 15.5 Å². The van der Waals surface area contributed by atoms with Gasteiger partial charge in [-0.2, -0.15) is 0 Å². The van der Waals surface area contributed by atoms with Crippen LogP contribution in [0.3, 0.4) is 0 Å². The summed E-state index contributed by atoms with van der Waals surface area (Å²) < 4.78 is 29.2. The van der Waals surface area contributed by atoms with E-state index in [9.17, 15) is 13.2 Å². The van der Waals surface area contributed by atoms with E-state index in [0.717, 1.165) is 25.9 Å². The highest BCUT2D eigenvalue weighted by atomic mass is 32.2. The van der Waals surface area contributed by atoms with E-state index in [4.69, 9.17) is 4.42 Å². The topological polar surface area (TPSA) is 117 Å². The number of H-pyrrole nitrogens is 1. The predicted octanol–water partition coefficient (Wildman–Crippen LogP) is 1.23. The Morgan fingerprint density at radius 3 is 2.64 bits per heavy atom. The van der Waals surface area contributed by atoms with Crippen molar-refractivity contribution in [3.8, 4) is 11.5 Å². The molecule has 25 heavy (non-hydrogen) atoms. The lowest BCUT2D eigenvalue weighted by Crippen LogP contribution is -2.36. The first-order chi connectivity index (χ1) is 11.8. The highest BCUT2D eigenvalue weighted by molar-refractivity contribution is 7.90. The van der Waals surface area contributed by atoms with E-state index in [1.165, 1.54) is 12.3 Å². The maximum atomic E-state index is 12.1. The first-order valence-electron chi connectivity index (χ1n) is 8.22. The summed E-state index contributed by atoms with van der Waals surface area (Å²) in [5, 5.41) is 12.7. The molecule has 8 nitrogen and oxygen atoms in total. The van der Waals surface area contributed by atoms with Crippen molar-refractivity contribution < 1.29 is 12.8 Å². The van der Waals surface area contributed by atoms with Gasteiger partial charge in [0.15, 0.2) is 9.84 Å². The van der Waals surface area contributed by atoms with Crippen molar-refractivity contribution in [2.24, 2.45) is 5.92 Å². The average Bonchev–Trinajstić information content (AvgIpc) is 3.01. The molecule has 2 heterocycles. The van der Waals surface area contributed by atoms with Crippen LogP contribution in [0.25, 0.3) is 11.5 Å². The molecular formula is C16H22N4O4S. The molecule has 1 aromatic carbocycles. The first kappa shape index (κ1) is 17.7. The summed E-state index contributed by atoms with van der Waals surface area (Å²) in [7, 11) is -3.40. The Bertz CT molecular complexity index is 897. The fraction of sp³-hybridized carbons (Fsp3) is 0.500. The minimum Gasteiger partial charge on any atom is -0.388 e. The Kier molecular flexibility index (Phi) is 4.96. The number of nitrogens with one attached hydrogen (secondary N) is 3. The zero-order chi connectivity index (χ0) is 18.0. The van der Waals surface area contributed by atoms with Crippen LogP contribution >= 0.6 is 0 Å². The van der Waals surface area contributed by atoms with Crippen molar-refractivity contribution in [1.29, 1.82) is 0 Å². The van der Waals surface area contributed by atoms with Crippen molar-refractivity contribution in [2.75, 3.05) is 24.7 Å². The number of anilines is 1. The molecule has 1 aliphatic rings. The van der Waals surface area contributed by atoms with E-state index in [1.54, 1.807) is 12.1 Å². The van der Waals surface area contributed by atoms with Gasteiger partial charge >= 0.3 is 5.76 Å². The van der Waals surface area contributed by atoms with E-state index in [1.807, 2.05) is 0 Å². The van der Waals surface area contributed by atoms with Gasteiger partial charge in [0.25, 0.3) is 0 Å². The smallest absolute Gasteiger partial charge is 0.388 e. The van der Waals surface area contributed by atoms with Crippen molar-refractivity contribution >= 4 is 15.5 Å². The predicted molar refractivity (Wildman–Crippen MR) is 94.3 cm³/mol. The molecule has 0 spiro atoms. The van der Waals surface area contributed by atoms with E-state index in [2.05, 4.69) is 27.8 Å². The molecule has 1 aliphatic heterocycles. The van der Waals surface area contributed by atoms with Gasteiger partial charge in [-0.3, -0.25) is 0 Å². The molecule has 136 valence electrons. The third-order valence-electron chi connectivity index (χ3n) is 4.54. The van der Waals surface area contributed by atoms with Crippen molar-refractivity contribution in [3.05, 3.63) is 28.7 Å². The highest BCUT2D eigenvalue weighted by Gasteiger charge is 2.23. The molecule has 0 bridgehead atoms. The molecule has 1 aromatic heterocycles. The van der Waals surface area contributed by atoms with Gasteiger partial charge in [-0.15, -0.1) is 5.10 Å². The molecule has 9 heteroatoms. The van der Waals surface area contributed by atoms with Gasteiger partial charge in [-0.25, -0.2) is 18.3 Å². The van der Waals surface area contributed by atoms with Crippen LogP contribution in [0.15, 0.2) is 32.3 Å². The Morgan fingerprint density at radius 1 is 1.32 bits per heavy atom. The number of benzene rings is 1. The quantitative estimate of drug-likeness (QED) is 0.728. The lowest BCUT2D eigenvalue weighted by atomic mass is 9.91. The molecule has 3 rings (SSSR count). The van der Waals surface area contributed by atoms with Crippen molar-refractivity contribution in [3.63, 3.8) is 0 Å². The van der Waals surface area contributed by atoms with E-state index < -0.39 is 15.6 Å². The summed E-state index contributed by atoms with van der Waals surface area (Å²) in [4.78, 5) is 11.4. The maximum absolute atomic E-state index is 12.1. The third-order valence-corrected chi connectivity index (χ3v) is 5.69. The molecule has 0 saturated carbocycles. The van der Waals surface area contributed by atoms with Crippen LogP contribution in [0, 0.1) is 5.92 Å². The second kappa shape index (κ2) is 7.01. The maximum Gasteiger partial charge on any atom is 0.434 e. The Morgan fingerprint density at radius 2 is 2.04 bits per heavy atom. The second-order valence-electron chi connectivity index (χ2n) is 6.42. The third kappa shape index (κ3) is 4.10. The van der Waals surface area contributed by atoms with Crippen LogP contribution in [-0.2, 0) is 9.84 Å². The van der Waals surface area contributed by atoms with E-state index in [-0.39, 0.29) is 16.8 Å². The summed E-state index contributed by atoms with van der Waals surface area (Å²) in [6, 6.07) is 4.86. The number of hydrogen-bond donors (Lipinski definition) is 3. The number of aromatic nitrogens is 2. The first-order valence-corrected chi connectivity index (χ1v) is 10.1. The number of nitrogens with zero attached hydrogens (tertiary/aromatic N) is 1. The van der Waals surface area contributed by atoms with Gasteiger partial charge < -0.3 is 15.1 Å². The van der Waals surface area contributed by atoms with E-state index >= 15 is 0 Å². The summed E-state index contributed by atoms with van der Waals surface area (Å²) in [5.41, 5.74) is 1.03. The van der Waals surface area contributed by atoms with Gasteiger partial charge in [-0.1, -0.05) is 0 Å². The Labute approximate surface area is 145 Å². The van der Waals surface area contributed by atoms with Crippen LogP contribution in [0.2, 0.25) is 0 Å². The molecular weight excluding hydrogens is 344 g/mol. The molecule has 0 amide bonds. The minimum atomic E-state index is -3.40. The summed E-state index contributed by atoms with van der Waals surface area (Å²) >= 11 is 0. The minimum absolute atomic E-state index is 0.115. The summed E-state index contributed by atoms with van der Waals surface area (Å²) in [6.45, 7) is 3.99. The number of piperidine rings is 1. The van der Waals surface area contributed by atoms with Gasteiger partial charge in [0.2, 0.25) is 5.89 Å². The van der Waals surface area contributed by atoms with Crippen LogP contribution in [0.1, 0.15) is 19.8 Å². The van der Waals surface area contributed by atoms with Crippen LogP contribution in [-0.4, -0.2) is 44.0 Å².